The SMILES string of the molecule is O=C(O)c1cc(NS(=O)(=O)Cc2ccccc2)ccc1F. The Morgan fingerprint density at radius 3 is 2.43 bits per heavy atom. The number of aromatic carboxylic acids is 1. The smallest absolute Gasteiger partial charge is 0.338 e. The van der Waals surface area contributed by atoms with Gasteiger partial charge in [0.15, 0.2) is 0 Å². The van der Waals surface area contributed by atoms with Crippen molar-refractivity contribution in [3.8, 4) is 0 Å². The third-order valence-electron chi connectivity index (χ3n) is 2.67. The minimum absolute atomic E-state index is 0.00438. The van der Waals surface area contributed by atoms with Crippen LogP contribution in [0.15, 0.2) is 48.5 Å². The van der Waals surface area contributed by atoms with Crippen molar-refractivity contribution in [2.24, 2.45) is 0 Å². The van der Waals surface area contributed by atoms with E-state index in [2.05, 4.69) is 4.72 Å². The monoisotopic (exact) mass is 309 g/mol. The van der Waals surface area contributed by atoms with Crippen molar-refractivity contribution in [2.45, 2.75) is 5.75 Å². The maximum absolute atomic E-state index is 13.2. The number of sulfonamides is 1. The van der Waals surface area contributed by atoms with Gasteiger partial charge in [-0.05, 0) is 23.8 Å². The molecule has 0 aliphatic carbocycles. The lowest BCUT2D eigenvalue weighted by Crippen LogP contribution is -2.15. The van der Waals surface area contributed by atoms with E-state index in [0.717, 1.165) is 12.1 Å². The Morgan fingerprint density at radius 2 is 1.81 bits per heavy atom. The molecule has 7 heteroatoms. The Bertz CT molecular complexity index is 760. The molecule has 21 heavy (non-hydrogen) atoms. The van der Waals surface area contributed by atoms with Gasteiger partial charge in [0.25, 0.3) is 0 Å². The molecule has 0 aliphatic rings. The molecule has 0 atom stereocenters. The van der Waals surface area contributed by atoms with Gasteiger partial charge in [-0.25, -0.2) is 17.6 Å². The fraction of sp³-hybridized carbons (Fsp3) is 0.0714. The Labute approximate surface area is 121 Å². The molecule has 2 aromatic rings. The second-order valence-electron chi connectivity index (χ2n) is 4.35. The first kappa shape index (κ1) is 15.0. The first-order valence-corrected chi connectivity index (χ1v) is 7.60. The third-order valence-corrected chi connectivity index (χ3v) is 3.93. The second kappa shape index (κ2) is 5.92. The van der Waals surface area contributed by atoms with E-state index in [1.807, 2.05) is 0 Å². The number of carbonyl (C=O) groups is 1. The van der Waals surface area contributed by atoms with E-state index in [-0.39, 0.29) is 11.4 Å². The Kier molecular flexibility index (Phi) is 4.23. The number of anilines is 1. The molecule has 0 saturated carbocycles. The molecule has 0 unspecified atom stereocenters. The first-order valence-electron chi connectivity index (χ1n) is 5.95. The van der Waals surface area contributed by atoms with Crippen molar-refractivity contribution in [1.29, 1.82) is 0 Å². The largest absolute Gasteiger partial charge is 0.478 e. The number of benzene rings is 2. The fourth-order valence-corrected chi connectivity index (χ4v) is 2.95. The van der Waals surface area contributed by atoms with Crippen LogP contribution in [0, 0.1) is 5.82 Å². The van der Waals surface area contributed by atoms with E-state index in [9.17, 15) is 17.6 Å². The van der Waals surface area contributed by atoms with Gasteiger partial charge in [-0.2, -0.15) is 0 Å². The Balaban J connectivity index is 2.21. The van der Waals surface area contributed by atoms with Crippen molar-refractivity contribution in [3.63, 3.8) is 0 Å². The summed E-state index contributed by atoms with van der Waals surface area (Å²) < 4.78 is 39.4. The van der Waals surface area contributed by atoms with Crippen LogP contribution in [-0.2, 0) is 15.8 Å². The standard InChI is InChI=1S/C14H12FNO4S/c15-13-7-6-11(8-12(13)14(17)18)16-21(19,20)9-10-4-2-1-3-5-10/h1-8,16H,9H2,(H,17,18). The molecule has 0 saturated heterocycles. The van der Waals surface area contributed by atoms with E-state index in [4.69, 9.17) is 5.11 Å². The minimum Gasteiger partial charge on any atom is -0.478 e. The molecule has 2 N–H and O–H groups in total. The van der Waals surface area contributed by atoms with Crippen molar-refractivity contribution in [1.82, 2.24) is 0 Å². The van der Waals surface area contributed by atoms with Crippen LogP contribution >= 0.6 is 0 Å². The van der Waals surface area contributed by atoms with Crippen LogP contribution in [0.5, 0.6) is 0 Å². The van der Waals surface area contributed by atoms with Crippen molar-refractivity contribution in [2.75, 3.05) is 4.72 Å². The van der Waals surface area contributed by atoms with E-state index < -0.39 is 27.4 Å². The molecule has 0 heterocycles. The summed E-state index contributed by atoms with van der Waals surface area (Å²) in [5.74, 6) is -2.64. The number of halogens is 1. The highest BCUT2D eigenvalue weighted by Crippen LogP contribution is 2.17. The van der Waals surface area contributed by atoms with Gasteiger partial charge in [-0.15, -0.1) is 0 Å². The van der Waals surface area contributed by atoms with Gasteiger partial charge in [0, 0.05) is 5.69 Å². The van der Waals surface area contributed by atoms with Crippen LogP contribution in [0.3, 0.4) is 0 Å². The number of nitrogens with one attached hydrogen (secondary N) is 1. The summed E-state index contributed by atoms with van der Waals surface area (Å²) in [6.45, 7) is 0. The fourth-order valence-electron chi connectivity index (χ4n) is 1.76. The van der Waals surface area contributed by atoms with E-state index in [1.165, 1.54) is 6.07 Å². The molecule has 0 aliphatic heterocycles. The van der Waals surface area contributed by atoms with Crippen molar-refractivity contribution in [3.05, 3.63) is 65.5 Å². The number of carboxylic acid groups (broad SMARTS) is 1. The minimum atomic E-state index is -3.71. The Morgan fingerprint density at radius 1 is 1.14 bits per heavy atom. The first-order chi connectivity index (χ1) is 9.87. The van der Waals surface area contributed by atoms with E-state index >= 15 is 0 Å². The van der Waals surface area contributed by atoms with Gasteiger partial charge < -0.3 is 5.11 Å². The van der Waals surface area contributed by atoms with Crippen LogP contribution in [0.25, 0.3) is 0 Å². The molecular weight excluding hydrogens is 297 g/mol. The molecule has 2 aromatic carbocycles. The maximum atomic E-state index is 13.2. The zero-order valence-corrected chi connectivity index (χ0v) is 11.6. The molecule has 0 amide bonds. The van der Waals surface area contributed by atoms with Gasteiger partial charge in [0.1, 0.15) is 5.82 Å². The normalized spacial score (nSPS) is 11.1. The predicted octanol–water partition coefficient (Wildman–Crippen LogP) is 2.47. The summed E-state index contributed by atoms with van der Waals surface area (Å²) in [6, 6.07) is 11.5. The molecule has 0 spiro atoms. The molecule has 0 aromatic heterocycles. The highest BCUT2D eigenvalue weighted by molar-refractivity contribution is 7.91. The topological polar surface area (TPSA) is 83.5 Å². The van der Waals surface area contributed by atoms with Crippen LogP contribution < -0.4 is 4.72 Å². The van der Waals surface area contributed by atoms with Gasteiger partial charge in [0.05, 0.1) is 11.3 Å². The molecule has 5 nitrogen and oxygen atoms in total. The Hall–Kier alpha value is -2.41. The van der Waals surface area contributed by atoms with Crippen LogP contribution in [0.1, 0.15) is 15.9 Å². The van der Waals surface area contributed by atoms with Gasteiger partial charge in [-0.3, -0.25) is 4.72 Å². The predicted molar refractivity (Wildman–Crippen MR) is 76.0 cm³/mol. The molecule has 0 bridgehead atoms. The average molecular weight is 309 g/mol. The molecule has 0 radical (unpaired) electrons. The summed E-state index contributed by atoms with van der Waals surface area (Å²) in [4.78, 5) is 10.8. The quantitative estimate of drug-likeness (QED) is 0.888. The summed E-state index contributed by atoms with van der Waals surface area (Å²) >= 11 is 0. The van der Waals surface area contributed by atoms with E-state index in [0.29, 0.717) is 5.56 Å². The summed E-state index contributed by atoms with van der Waals surface area (Å²) in [6.07, 6.45) is 0. The zero-order valence-electron chi connectivity index (χ0n) is 10.8. The molecule has 0 fully saturated rings. The highest BCUT2D eigenvalue weighted by Gasteiger charge is 2.15. The van der Waals surface area contributed by atoms with Crippen molar-refractivity contribution >= 4 is 21.7 Å². The van der Waals surface area contributed by atoms with E-state index in [1.54, 1.807) is 30.3 Å². The average Bonchev–Trinajstić information content (AvgIpc) is 2.41. The number of hydrogen-bond donors (Lipinski definition) is 2. The highest BCUT2D eigenvalue weighted by atomic mass is 32.2. The van der Waals surface area contributed by atoms with Crippen LogP contribution in [0.2, 0.25) is 0 Å². The lowest BCUT2D eigenvalue weighted by Gasteiger charge is -2.09. The number of rotatable bonds is 5. The lowest BCUT2D eigenvalue weighted by molar-refractivity contribution is 0.0692. The molecular formula is C14H12FNO4S. The summed E-state index contributed by atoms with van der Waals surface area (Å²) in [5.41, 5.74) is 0.00483. The number of carboxylic acids is 1. The summed E-state index contributed by atoms with van der Waals surface area (Å²) in [7, 11) is -3.71. The lowest BCUT2D eigenvalue weighted by atomic mass is 10.2. The maximum Gasteiger partial charge on any atom is 0.338 e. The zero-order chi connectivity index (χ0) is 15.5. The van der Waals surface area contributed by atoms with Crippen molar-refractivity contribution < 1.29 is 22.7 Å². The molecule has 2 rings (SSSR count). The van der Waals surface area contributed by atoms with Gasteiger partial charge in [0.2, 0.25) is 10.0 Å². The summed E-state index contributed by atoms with van der Waals surface area (Å²) in [5, 5.41) is 8.81. The van der Waals surface area contributed by atoms with Gasteiger partial charge >= 0.3 is 5.97 Å². The molecule has 110 valence electrons. The van der Waals surface area contributed by atoms with Crippen LogP contribution in [-0.4, -0.2) is 19.5 Å². The number of hydrogen-bond acceptors (Lipinski definition) is 3. The van der Waals surface area contributed by atoms with Crippen LogP contribution in [0.4, 0.5) is 10.1 Å². The van der Waals surface area contributed by atoms with Gasteiger partial charge in [-0.1, -0.05) is 30.3 Å². The second-order valence-corrected chi connectivity index (χ2v) is 6.07. The third kappa shape index (κ3) is 4.03.